The van der Waals surface area contributed by atoms with Gasteiger partial charge in [-0.2, -0.15) is 0 Å². The average molecular weight is 415 g/mol. The second kappa shape index (κ2) is 7.59. The fourth-order valence-electron chi connectivity index (χ4n) is 2.90. The molecule has 148 valence electrons. The first-order valence-corrected chi connectivity index (χ1v) is 9.56. The summed E-state index contributed by atoms with van der Waals surface area (Å²) in [5.74, 6) is -1.20. The first-order chi connectivity index (χ1) is 13.9. The smallest absolute Gasteiger partial charge is 0.348 e. The topological polar surface area (TPSA) is 84.1 Å². The van der Waals surface area contributed by atoms with Gasteiger partial charge in [0.2, 0.25) is 0 Å². The Labute approximate surface area is 167 Å². The number of esters is 1. The number of benzene rings is 2. The number of H-pyrrole nitrogens is 1. The Morgan fingerprint density at radius 1 is 1.21 bits per heavy atom. The molecule has 9 heteroatoms. The number of rotatable bonds is 5. The molecule has 0 bridgehead atoms. The Morgan fingerprint density at radius 2 is 2.03 bits per heavy atom. The second-order valence-electron chi connectivity index (χ2n) is 6.19. The summed E-state index contributed by atoms with van der Waals surface area (Å²) in [6.45, 7) is 2.04. The molecular formula is C20H15F2N3O3S. The maximum absolute atomic E-state index is 12.8. The summed E-state index contributed by atoms with van der Waals surface area (Å²) in [5.41, 5.74) is 1.58. The standard InChI is InChI=1S/C20H15F2N3O3S/c1-2-28-20(27)16-9-11-7-12(4-6-15(11)29-16)23-19(26)10-3-5-13-14(8-10)25-18(24-13)17(21)22/h3-9,17H,2H2,1H3,(H,23,26)(H,24,25). The van der Waals surface area contributed by atoms with Crippen LogP contribution >= 0.6 is 11.3 Å². The van der Waals surface area contributed by atoms with Crippen molar-refractivity contribution >= 4 is 50.0 Å². The number of ether oxygens (including phenoxy) is 1. The van der Waals surface area contributed by atoms with Crippen molar-refractivity contribution in [3.05, 3.63) is 58.7 Å². The van der Waals surface area contributed by atoms with Gasteiger partial charge in [0, 0.05) is 16.0 Å². The molecule has 0 saturated heterocycles. The molecule has 0 aliphatic rings. The van der Waals surface area contributed by atoms with E-state index in [4.69, 9.17) is 4.74 Å². The van der Waals surface area contributed by atoms with Gasteiger partial charge in [0.05, 0.1) is 17.6 Å². The highest BCUT2D eigenvalue weighted by Gasteiger charge is 2.15. The van der Waals surface area contributed by atoms with E-state index < -0.39 is 12.2 Å². The molecule has 0 fully saturated rings. The van der Waals surface area contributed by atoms with E-state index in [1.165, 1.54) is 29.5 Å². The van der Waals surface area contributed by atoms with Crippen LogP contribution in [0, 0.1) is 0 Å². The molecule has 2 N–H and O–H groups in total. The van der Waals surface area contributed by atoms with Crippen LogP contribution in [0.5, 0.6) is 0 Å². The van der Waals surface area contributed by atoms with E-state index in [1.54, 1.807) is 25.1 Å². The summed E-state index contributed by atoms with van der Waals surface area (Å²) >= 11 is 1.32. The van der Waals surface area contributed by atoms with E-state index in [0.29, 0.717) is 33.8 Å². The Bertz CT molecular complexity index is 1230. The molecule has 0 radical (unpaired) electrons. The van der Waals surface area contributed by atoms with E-state index in [1.807, 2.05) is 6.07 Å². The molecule has 0 atom stereocenters. The first kappa shape index (κ1) is 19.0. The number of carbonyl (C=O) groups is 2. The van der Waals surface area contributed by atoms with Crippen molar-refractivity contribution in [2.24, 2.45) is 0 Å². The van der Waals surface area contributed by atoms with Crippen molar-refractivity contribution in [1.82, 2.24) is 9.97 Å². The highest BCUT2D eigenvalue weighted by Crippen LogP contribution is 2.29. The number of nitrogens with zero attached hydrogens (tertiary/aromatic N) is 1. The predicted molar refractivity (Wildman–Crippen MR) is 107 cm³/mol. The van der Waals surface area contributed by atoms with Gasteiger partial charge in [-0.3, -0.25) is 4.79 Å². The van der Waals surface area contributed by atoms with Crippen LogP contribution in [0.15, 0.2) is 42.5 Å². The maximum Gasteiger partial charge on any atom is 0.348 e. The SMILES string of the molecule is CCOC(=O)c1cc2cc(NC(=O)c3ccc4nc(C(F)F)[nH]c4c3)ccc2s1. The summed E-state index contributed by atoms with van der Waals surface area (Å²) in [7, 11) is 0. The summed E-state index contributed by atoms with van der Waals surface area (Å²) < 4.78 is 31.4. The number of aromatic amines is 1. The number of hydrogen-bond acceptors (Lipinski definition) is 5. The largest absolute Gasteiger partial charge is 0.462 e. The summed E-state index contributed by atoms with van der Waals surface area (Å²) in [6.07, 6.45) is -2.71. The van der Waals surface area contributed by atoms with Gasteiger partial charge in [-0.05, 0) is 54.8 Å². The summed E-state index contributed by atoms with van der Waals surface area (Å²) in [4.78, 5) is 31.2. The molecule has 6 nitrogen and oxygen atoms in total. The third-order valence-corrected chi connectivity index (χ3v) is 5.32. The van der Waals surface area contributed by atoms with Crippen LogP contribution in [0.25, 0.3) is 21.1 Å². The Morgan fingerprint density at radius 3 is 2.79 bits per heavy atom. The zero-order chi connectivity index (χ0) is 20.5. The van der Waals surface area contributed by atoms with Crippen molar-refractivity contribution in [3.8, 4) is 0 Å². The quantitative estimate of drug-likeness (QED) is 0.442. The molecule has 0 saturated carbocycles. The normalized spacial score (nSPS) is 11.3. The number of nitrogens with one attached hydrogen (secondary N) is 2. The van der Waals surface area contributed by atoms with Gasteiger partial charge in [-0.15, -0.1) is 11.3 Å². The van der Waals surface area contributed by atoms with Crippen molar-refractivity contribution < 1.29 is 23.1 Å². The van der Waals surface area contributed by atoms with Gasteiger partial charge >= 0.3 is 5.97 Å². The molecule has 0 aliphatic heterocycles. The highest BCUT2D eigenvalue weighted by atomic mass is 32.1. The zero-order valence-electron chi connectivity index (χ0n) is 15.2. The van der Waals surface area contributed by atoms with Crippen molar-refractivity contribution in [2.75, 3.05) is 11.9 Å². The van der Waals surface area contributed by atoms with Crippen molar-refractivity contribution in [2.45, 2.75) is 13.3 Å². The lowest BCUT2D eigenvalue weighted by molar-refractivity contribution is 0.0532. The summed E-state index contributed by atoms with van der Waals surface area (Å²) in [5, 5.41) is 3.58. The number of thiophene rings is 1. The van der Waals surface area contributed by atoms with E-state index in [9.17, 15) is 18.4 Å². The lowest BCUT2D eigenvalue weighted by atomic mass is 10.1. The van der Waals surface area contributed by atoms with Gasteiger partial charge in [0.25, 0.3) is 12.3 Å². The lowest BCUT2D eigenvalue weighted by Crippen LogP contribution is -2.11. The molecule has 0 unspecified atom stereocenters. The minimum absolute atomic E-state index is 0.299. The number of carbonyl (C=O) groups excluding carboxylic acids is 2. The summed E-state index contributed by atoms with van der Waals surface area (Å²) in [6, 6.07) is 11.5. The minimum Gasteiger partial charge on any atom is -0.462 e. The first-order valence-electron chi connectivity index (χ1n) is 8.74. The van der Waals surface area contributed by atoms with E-state index >= 15 is 0 Å². The lowest BCUT2D eigenvalue weighted by Gasteiger charge is -2.05. The fraction of sp³-hybridized carbons (Fsp3) is 0.150. The molecule has 29 heavy (non-hydrogen) atoms. The molecule has 2 heterocycles. The minimum atomic E-state index is -2.71. The number of amides is 1. The van der Waals surface area contributed by atoms with Gasteiger partial charge in [0.1, 0.15) is 4.88 Å². The number of fused-ring (bicyclic) bond motifs is 2. The molecule has 2 aromatic heterocycles. The molecule has 1 amide bonds. The van der Waals surface area contributed by atoms with Crippen LogP contribution in [0.4, 0.5) is 14.5 Å². The highest BCUT2D eigenvalue weighted by molar-refractivity contribution is 7.20. The van der Waals surface area contributed by atoms with Crippen LogP contribution < -0.4 is 5.32 Å². The van der Waals surface area contributed by atoms with Crippen LogP contribution in [-0.4, -0.2) is 28.5 Å². The monoisotopic (exact) mass is 415 g/mol. The number of hydrogen-bond donors (Lipinski definition) is 2. The number of alkyl halides is 2. The van der Waals surface area contributed by atoms with E-state index in [2.05, 4.69) is 15.3 Å². The molecule has 4 rings (SSSR count). The molecular weight excluding hydrogens is 400 g/mol. The third kappa shape index (κ3) is 3.81. The van der Waals surface area contributed by atoms with Crippen LogP contribution in [-0.2, 0) is 4.74 Å². The molecule has 0 aliphatic carbocycles. The van der Waals surface area contributed by atoms with Crippen LogP contribution in [0.2, 0.25) is 0 Å². The molecule has 2 aromatic carbocycles. The van der Waals surface area contributed by atoms with Crippen LogP contribution in [0.1, 0.15) is 39.2 Å². The maximum atomic E-state index is 12.8. The Kier molecular flexibility index (Phi) is 4.98. The Balaban J connectivity index is 1.56. The van der Waals surface area contributed by atoms with Gasteiger partial charge in [0.15, 0.2) is 5.82 Å². The number of aromatic nitrogens is 2. The van der Waals surface area contributed by atoms with Crippen LogP contribution in [0.3, 0.4) is 0 Å². The fourth-order valence-corrected chi connectivity index (χ4v) is 3.84. The van der Waals surface area contributed by atoms with E-state index in [-0.39, 0.29) is 11.9 Å². The van der Waals surface area contributed by atoms with Crippen molar-refractivity contribution in [3.63, 3.8) is 0 Å². The van der Waals surface area contributed by atoms with Gasteiger partial charge < -0.3 is 15.0 Å². The van der Waals surface area contributed by atoms with Gasteiger partial charge in [-0.25, -0.2) is 18.6 Å². The third-order valence-electron chi connectivity index (χ3n) is 4.22. The molecule has 4 aromatic rings. The Hall–Kier alpha value is -3.33. The van der Waals surface area contributed by atoms with Crippen molar-refractivity contribution in [1.29, 1.82) is 0 Å². The molecule has 0 spiro atoms. The average Bonchev–Trinajstić information content (AvgIpc) is 3.31. The number of imidazole rings is 1. The van der Waals surface area contributed by atoms with Gasteiger partial charge in [-0.1, -0.05) is 0 Å². The zero-order valence-corrected chi connectivity index (χ0v) is 16.0. The number of anilines is 1. The second-order valence-corrected chi connectivity index (χ2v) is 7.28. The number of halogens is 2. The van der Waals surface area contributed by atoms with E-state index in [0.717, 1.165) is 10.1 Å². The predicted octanol–water partition coefficient (Wildman–Crippen LogP) is 5.14.